The van der Waals surface area contributed by atoms with Crippen LogP contribution in [-0.4, -0.2) is 12.2 Å². The van der Waals surface area contributed by atoms with E-state index in [-0.39, 0.29) is 12.2 Å². The van der Waals surface area contributed by atoms with Crippen LogP contribution >= 0.6 is 0 Å². The summed E-state index contributed by atoms with van der Waals surface area (Å²) in [6.07, 6.45) is 0.293. The third kappa shape index (κ3) is 5.95. The Morgan fingerprint density at radius 2 is 1.52 bits per heavy atom. The molecule has 0 heterocycles. The minimum Gasteiger partial charge on any atom is -0.491 e. The maximum Gasteiger partial charge on any atom is 0.127 e. The summed E-state index contributed by atoms with van der Waals surface area (Å²) in [6, 6.07) is 16.5. The third-order valence-corrected chi connectivity index (χ3v) is 3.26. The second kappa shape index (κ2) is 8.59. The van der Waals surface area contributed by atoms with E-state index in [4.69, 9.17) is 9.47 Å². The first-order valence-corrected chi connectivity index (χ1v) is 8.25. The zero-order chi connectivity index (χ0) is 16.7. The lowest BCUT2D eigenvalue weighted by Gasteiger charge is -2.17. The van der Waals surface area contributed by atoms with Crippen LogP contribution in [0.4, 0.5) is 0 Å². The van der Waals surface area contributed by atoms with Gasteiger partial charge >= 0.3 is 0 Å². The van der Waals surface area contributed by atoms with Gasteiger partial charge < -0.3 is 14.8 Å². The Hall–Kier alpha value is -2.00. The van der Waals surface area contributed by atoms with Crippen molar-refractivity contribution in [3.8, 4) is 11.5 Å². The number of ether oxygens (including phenoxy) is 2. The molecule has 0 aliphatic rings. The highest BCUT2D eigenvalue weighted by Crippen LogP contribution is 2.26. The number of hydrogen-bond acceptors (Lipinski definition) is 3. The molecule has 0 atom stereocenters. The Labute approximate surface area is 139 Å². The van der Waals surface area contributed by atoms with Gasteiger partial charge in [-0.3, -0.25) is 0 Å². The molecule has 0 bridgehead atoms. The van der Waals surface area contributed by atoms with E-state index in [0.717, 1.165) is 30.2 Å². The zero-order valence-corrected chi connectivity index (χ0v) is 14.5. The SMILES string of the molecule is CC(C)Oc1ccc(CNCc2ccccc2)c(OC(C)C)c1. The van der Waals surface area contributed by atoms with Gasteiger partial charge in [-0.15, -0.1) is 0 Å². The van der Waals surface area contributed by atoms with Gasteiger partial charge in [-0.1, -0.05) is 36.4 Å². The molecular formula is C20H27NO2. The van der Waals surface area contributed by atoms with E-state index >= 15 is 0 Å². The first kappa shape index (κ1) is 17.4. The van der Waals surface area contributed by atoms with Crippen molar-refractivity contribution >= 4 is 0 Å². The second-order valence-corrected chi connectivity index (χ2v) is 6.19. The molecule has 1 N–H and O–H groups in total. The van der Waals surface area contributed by atoms with Gasteiger partial charge in [-0.2, -0.15) is 0 Å². The predicted octanol–water partition coefficient (Wildman–Crippen LogP) is 4.55. The summed E-state index contributed by atoms with van der Waals surface area (Å²) in [7, 11) is 0. The number of benzene rings is 2. The quantitative estimate of drug-likeness (QED) is 0.775. The van der Waals surface area contributed by atoms with E-state index in [9.17, 15) is 0 Å². The molecule has 0 radical (unpaired) electrons. The van der Waals surface area contributed by atoms with Crippen molar-refractivity contribution in [3.63, 3.8) is 0 Å². The monoisotopic (exact) mass is 313 g/mol. The van der Waals surface area contributed by atoms with Crippen molar-refractivity contribution in [2.45, 2.75) is 53.0 Å². The van der Waals surface area contributed by atoms with E-state index in [2.05, 4.69) is 35.6 Å². The van der Waals surface area contributed by atoms with E-state index in [1.807, 2.05) is 45.9 Å². The van der Waals surface area contributed by atoms with Crippen LogP contribution in [0.1, 0.15) is 38.8 Å². The van der Waals surface area contributed by atoms with Crippen molar-refractivity contribution in [1.82, 2.24) is 5.32 Å². The van der Waals surface area contributed by atoms with Gasteiger partial charge in [0.2, 0.25) is 0 Å². The molecule has 2 rings (SSSR count). The Kier molecular flexibility index (Phi) is 6.48. The molecule has 3 heteroatoms. The maximum atomic E-state index is 5.95. The Balaban J connectivity index is 2.03. The summed E-state index contributed by atoms with van der Waals surface area (Å²) in [5.74, 6) is 1.74. The zero-order valence-electron chi connectivity index (χ0n) is 14.5. The summed E-state index contributed by atoms with van der Waals surface area (Å²) in [4.78, 5) is 0. The van der Waals surface area contributed by atoms with Gasteiger partial charge in [0.05, 0.1) is 12.2 Å². The van der Waals surface area contributed by atoms with Crippen LogP contribution in [0, 0.1) is 0 Å². The van der Waals surface area contributed by atoms with Crippen molar-refractivity contribution in [2.75, 3.05) is 0 Å². The Morgan fingerprint density at radius 1 is 0.826 bits per heavy atom. The lowest BCUT2D eigenvalue weighted by molar-refractivity contribution is 0.227. The highest BCUT2D eigenvalue weighted by molar-refractivity contribution is 5.41. The van der Waals surface area contributed by atoms with Gasteiger partial charge in [0, 0.05) is 24.7 Å². The smallest absolute Gasteiger partial charge is 0.127 e. The van der Waals surface area contributed by atoms with E-state index in [0.29, 0.717) is 0 Å². The topological polar surface area (TPSA) is 30.5 Å². The lowest BCUT2D eigenvalue weighted by Crippen LogP contribution is -2.15. The normalized spacial score (nSPS) is 11.0. The summed E-state index contributed by atoms with van der Waals surface area (Å²) in [5, 5.41) is 3.47. The van der Waals surface area contributed by atoms with E-state index in [1.165, 1.54) is 5.56 Å². The molecule has 0 aliphatic heterocycles. The second-order valence-electron chi connectivity index (χ2n) is 6.19. The average Bonchev–Trinajstić information content (AvgIpc) is 2.49. The van der Waals surface area contributed by atoms with Crippen LogP contribution in [0.25, 0.3) is 0 Å². The lowest BCUT2D eigenvalue weighted by atomic mass is 10.1. The van der Waals surface area contributed by atoms with Crippen molar-refractivity contribution in [3.05, 3.63) is 59.7 Å². The third-order valence-electron chi connectivity index (χ3n) is 3.26. The number of hydrogen-bond donors (Lipinski definition) is 1. The highest BCUT2D eigenvalue weighted by Gasteiger charge is 2.09. The van der Waals surface area contributed by atoms with Crippen LogP contribution in [-0.2, 0) is 13.1 Å². The Bertz CT molecular complexity index is 594. The molecule has 3 nitrogen and oxygen atoms in total. The first-order valence-electron chi connectivity index (χ1n) is 8.25. The van der Waals surface area contributed by atoms with Crippen molar-refractivity contribution in [2.24, 2.45) is 0 Å². The highest BCUT2D eigenvalue weighted by atomic mass is 16.5. The molecule has 0 saturated heterocycles. The van der Waals surface area contributed by atoms with Crippen molar-refractivity contribution in [1.29, 1.82) is 0 Å². The predicted molar refractivity (Wildman–Crippen MR) is 95.0 cm³/mol. The molecule has 0 amide bonds. The molecule has 23 heavy (non-hydrogen) atoms. The van der Waals surface area contributed by atoms with Gasteiger partial charge in [-0.25, -0.2) is 0 Å². The molecule has 0 spiro atoms. The molecule has 2 aromatic rings. The summed E-state index contributed by atoms with van der Waals surface area (Å²) >= 11 is 0. The summed E-state index contributed by atoms with van der Waals surface area (Å²) in [5.41, 5.74) is 2.42. The van der Waals surface area contributed by atoms with Gasteiger partial charge in [-0.05, 0) is 39.3 Å². The molecular weight excluding hydrogens is 286 g/mol. The molecule has 0 aromatic heterocycles. The van der Waals surface area contributed by atoms with Crippen molar-refractivity contribution < 1.29 is 9.47 Å². The fourth-order valence-electron chi connectivity index (χ4n) is 2.33. The molecule has 0 saturated carbocycles. The number of nitrogens with one attached hydrogen (secondary N) is 1. The minimum atomic E-state index is 0.136. The van der Waals surface area contributed by atoms with Gasteiger partial charge in [0.1, 0.15) is 11.5 Å². The largest absolute Gasteiger partial charge is 0.491 e. The van der Waals surface area contributed by atoms with Crippen LogP contribution < -0.4 is 14.8 Å². The van der Waals surface area contributed by atoms with Crippen LogP contribution in [0.3, 0.4) is 0 Å². The maximum absolute atomic E-state index is 5.95. The average molecular weight is 313 g/mol. The van der Waals surface area contributed by atoms with Gasteiger partial charge in [0.25, 0.3) is 0 Å². The molecule has 2 aromatic carbocycles. The van der Waals surface area contributed by atoms with Crippen LogP contribution in [0.5, 0.6) is 11.5 Å². The summed E-state index contributed by atoms with van der Waals surface area (Å²) < 4.78 is 11.7. The standard InChI is InChI=1S/C20H27NO2/c1-15(2)22-19-11-10-18(20(12-19)23-16(3)4)14-21-13-17-8-6-5-7-9-17/h5-12,15-16,21H,13-14H2,1-4H3. The summed E-state index contributed by atoms with van der Waals surface area (Å²) in [6.45, 7) is 9.73. The molecule has 124 valence electrons. The van der Waals surface area contributed by atoms with Crippen LogP contribution in [0.2, 0.25) is 0 Å². The Morgan fingerprint density at radius 3 is 2.17 bits per heavy atom. The molecule has 0 unspecified atom stereocenters. The molecule has 0 aliphatic carbocycles. The molecule has 0 fully saturated rings. The fraction of sp³-hybridized carbons (Fsp3) is 0.400. The van der Waals surface area contributed by atoms with Crippen LogP contribution in [0.15, 0.2) is 48.5 Å². The van der Waals surface area contributed by atoms with E-state index in [1.54, 1.807) is 0 Å². The van der Waals surface area contributed by atoms with Gasteiger partial charge in [0.15, 0.2) is 0 Å². The first-order chi connectivity index (χ1) is 11.0. The fourth-order valence-corrected chi connectivity index (χ4v) is 2.33. The number of rotatable bonds is 8. The van der Waals surface area contributed by atoms with E-state index < -0.39 is 0 Å². The minimum absolute atomic E-state index is 0.136.